The number of nitrogens with zero attached hydrogens (tertiary/aromatic N) is 1. The lowest BCUT2D eigenvalue weighted by Gasteiger charge is -2.43. The van der Waals surface area contributed by atoms with Gasteiger partial charge < -0.3 is 10.1 Å². The Morgan fingerprint density at radius 1 is 1.35 bits per heavy atom. The molecule has 0 spiro atoms. The summed E-state index contributed by atoms with van der Waals surface area (Å²) in [6.07, 6.45) is 5.32. The molecule has 100 valence electrons. The Bertz CT molecular complexity index is 242. The minimum absolute atomic E-state index is 0.0378. The van der Waals surface area contributed by atoms with E-state index in [0.29, 0.717) is 6.04 Å². The SMILES string of the molecule is CCCNC1CCCC1N1CCOC(C)(C)C1. The third-order valence-electron chi connectivity index (χ3n) is 4.06. The largest absolute Gasteiger partial charge is 0.373 e. The molecule has 0 amide bonds. The number of rotatable bonds is 4. The Balaban J connectivity index is 1.91. The van der Waals surface area contributed by atoms with Crippen LogP contribution in [0.15, 0.2) is 0 Å². The van der Waals surface area contributed by atoms with Crippen LogP contribution in [0.5, 0.6) is 0 Å². The first-order chi connectivity index (χ1) is 8.12. The van der Waals surface area contributed by atoms with E-state index in [1.807, 2.05) is 0 Å². The summed E-state index contributed by atoms with van der Waals surface area (Å²) in [7, 11) is 0. The molecule has 1 aliphatic heterocycles. The fourth-order valence-electron chi connectivity index (χ4n) is 3.28. The molecule has 2 aliphatic rings. The number of hydrogen-bond donors (Lipinski definition) is 1. The smallest absolute Gasteiger partial charge is 0.0753 e. The van der Waals surface area contributed by atoms with E-state index >= 15 is 0 Å². The minimum atomic E-state index is 0.0378. The van der Waals surface area contributed by atoms with Crippen LogP contribution in [0.3, 0.4) is 0 Å². The average Bonchev–Trinajstić information content (AvgIpc) is 2.73. The van der Waals surface area contributed by atoms with Gasteiger partial charge in [-0.25, -0.2) is 0 Å². The first-order valence-electron chi connectivity index (χ1n) is 7.24. The zero-order valence-electron chi connectivity index (χ0n) is 11.7. The van der Waals surface area contributed by atoms with Gasteiger partial charge in [-0.2, -0.15) is 0 Å². The molecule has 1 aliphatic carbocycles. The van der Waals surface area contributed by atoms with Crippen LogP contribution in [0, 0.1) is 0 Å². The highest BCUT2D eigenvalue weighted by Crippen LogP contribution is 2.28. The maximum Gasteiger partial charge on any atom is 0.0753 e. The van der Waals surface area contributed by atoms with Gasteiger partial charge in [-0.15, -0.1) is 0 Å². The van der Waals surface area contributed by atoms with Crippen molar-refractivity contribution in [2.45, 2.75) is 64.1 Å². The van der Waals surface area contributed by atoms with Crippen molar-refractivity contribution in [1.29, 1.82) is 0 Å². The van der Waals surface area contributed by atoms with E-state index in [0.717, 1.165) is 32.3 Å². The molecule has 2 rings (SSSR count). The molecular weight excluding hydrogens is 212 g/mol. The highest BCUT2D eigenvalue weighted by Gasteiger charge is 2.36. The molecular formula is C14H28N2O. The van der Waals surface area contributed by atoms with Crippen LogP contribution in [0.4, 0.5) is 0 Å². The Labute approximate surface area is 106 Å². The lowest BCUT2D eigenvalue weighted by atomic mass is 10.0. The van der Waals surface area contributed by atoms with Gasteiger partial charge in [-0.1, -0.05) is 13.3 Å². The Morgan fingerprint density at radius 2 is 2.18 bits per heavy atom. The minimum Gasteiger partial charge on any atom is -0.373 e. The number of ether oxygens (including phenoxy) is 1. The topological polar surface area (TPSA) is 24.5 Å². The maximum absolute atomic E-state index is 5.81. The van der Waals surface area contributed by atoms with Gasteiger partial charge in [-0.3, -0.25) is 4.90 Å². The van der Waals surface area contributed by atoms with E-state index in [2.05, 4.69) is 31.0 Å². The zero-order chi connectivity index (χ0) is 12.3. The van der Waals surface area contributed by atoms with E-state index in [1.165, 1.54) is 25.7 Å². The van der Waals surface area contributed by atoms with Crippen LogP contribution in [0.2, 0.25) is 0 Å². The Kier molecular flexibility index (Phi) is 4.45. The van der Waals surface area contributed by atoms with Gasteiger partial charge in [0.15, 0.2) is 0 Å². The highest BCUT2D eigenvalue weighted by molar-refractivity contribution is 4.93. The average molecular weight is 240 g/mol. The third kappa shape index (κ3) is 3.43. The summed E-state index contributed by atoms with van der Waals surface area (Å²) in [5.41, 5.74) is 0.0378. The molecule has 3 heteroatoms. The number of nitrogens with one attached hydrogen (secondary N) is 1. The first-order valence-corrected chi connectivity index (χ1v) is 7.24. The molecule has 0 aromatic rings. The number of hydrogen-bond acceptors (Lipinski definition) is 3. The number of morpholine rings is 1. The molecule has 1 N–H and O–H groups in total. The van der Waals surface area contributed by atoms with Gasteiger partial charge in [0.1, 0.15) is 0 Å². The molecule has 17 heavy (non-hydrogen) atoms. The van der Waals surface area contributed by atoms with Crippen LogP contribution < -0.4 is 5.32 Å². The van der Waals surface area contributed by atoms with Gasteiger partial charge in [0.2, 0.25) is 0 Å². The normalized spacial score (nSPS) is 34.1. The molecule has 2 fully saturated rings. The summed E-state index contributed by atoms with van der Waals surface area (Å²) in [5.74, 6) is 0. The molecule has 1 saturated carbocycles. The van der Waals surface area contributed by atoms with Crippen LogP contribution >= 0.6 is 0 Å². The second-order valence-corrected chi connectivity index (χ2v) is 6.14. The monoisotopic (exact) mass is 240 g/mol. The van der Waals surface area contributed by atoms with E-state index in [-0.39, 0.29) is 5.60 Å². The summed E-state index contributed by atoms with van der Waals surface area (Å²) >= 11 is 0. The highest BCUT2D eigenvalue weighted by atomic mass is 16.5. The van der Waals surface area contributed by atoms with Crippen molar-refractivity contribution in [2.24, 2.45) is 0 Å². The summed E-state index contributed by atoms with van der Waals surface area (Å²) in [6.45, 7) is 10.9. The molecule has 0 aromatic carbocycles. The fourth-order valence-corrected chi connectivity index (χ4v) is 3.28. The van der Waals surface area contributed by atoms with E-state index in [1.54, 1.807) is 0 Å². The van der Waals surface area contributed by atoms with Gasteiger partial charge >= 0.3 is 0 Å². The predicted octanol–water partition coefficient (Wildman–Crippen LogP) is 2.02. The summed E-state index contributed by atoms with van der Waals surface area (Å²) in [6, 6.07) is 1.45. The van der Waals surface area contributed by atoms with Gasteiger partial charge in [0.25, 0.3) is 0 Å². The van der Waals surface area contributed by atoms with Crippen molar-refractivity contribution >= 4 is 0 Å². The first kappa shape index (κ1) is 13.3. The summed E-state index contributed by atoms with van der Waals surface area (Å²) in [5, 5.41) is 3.72. The van der Waals surface area contributed by atoms with Gasteiger partial charge in [-0.05, 0) is 39.7 Å². The molecule has 1 saturated heterocycles. The fraction of sp³-hybridized carbons (Fsp3) is 1.00. The van der Waals surface area contributed by atoms with Gasteiger partial charge in [0.05, 0.1) is 12.2 Å². The second kappa shape index (κ2) is 5.68. The zero-order valence-corrected chi connectivity index (χ0v) is 11.7. The summed E-state index contributed by atoms with van der Waals surface area (Å²) < 4.78 is 5.81. The van der Waals surface area contributed by atoms with Crippen LogP contribution in [-0.4, -0.2) is 48.8 Å². The standard InChI is InChI=1S/C14H28N2O/c1-4-8-15-12-6-5-7-13(12)16-9-10-17-14(2,3)11-16/h12-13,15H,4-11H2,1-3H3. The maximum atomic E-state index is 5.81. The molecule has 0 bridgehead atoms. The van der Waals surface area contributed by atoms with Crippen LogP contribution in [0.25, 0.3) is 0 Å². The van der Waals surface area contributed by atoms with E-state index in [9.17, 15) is 0 Å². The molecule has 0 aromatic heterocycles. The molecule has 3 nitrogen and oxygen atoms in total. The second-order valence-electron chi connectivity index (χ2n) is 6.14. The van der Waals surface area contributed by atoms with E-state index in [4.69, 9.17) is 4.74 Å². The Hall–Kier alpha value is -0.120. The lowest BCUT2D eigenvalue weighted by molar-refractivity contribution is -0.0985. The van der Waals surface area contributed by atoms with Crippen LogP contribution in [0.1, 0.15) is 46.5 Å². The van der Waals surface area contributed by atoms with Crippen LogP contribution in [-0.2, 0) is 4.74 Å². The quantitative estimate of drug-likeness (QED) is 0.813. The van der Waals surface area contributed by atoms with Crippen molar-refractivity contribution in [1.82, 2.24) is 10.2 Å². The van der Waals surface area contributed by atoms with E-state index < -0.39 is 0 Å². The van der Waals surface area contributed by atoms with Gasteiger partial charge in [0, 0.05) is 25.2 Å². The van der Waals surface area contributed by atoms with Crippen molar-refractivity contribution < 1.29 is 4.74 Å². The molecule has 0 radical (unpaired) electrons. The molecule has 2 atom stereocenters. The predicted molar refractivity (Wildman–Crippen MR) is 71.3 cm³/mol. The molecule has 2 unspecified atom stereocenters. The van der Waals surface area contributed by atoms with Crippen molar-refractivity contribution in [3.63, 3.8) is 0 Å². The van der Waals surface area contributed by atoms with Crippen molar-refractivity contribution in [2.75, 3.05) is 26.2 Å². The molecule has 1 heterocycles. The third-order valence-corrected chi connectivity index (χ3v) is 4.06. The summed E-state index contributed by atoms with van der Waals surface area (Å²) in [4.78, 5) is 2.66. The lowest BCUT2D eigenvalue weighted by Crippen LogP contribution is -2.56. The van der Waals surface area contributed by atoms with Crippen molar-refractivity contribution in [3.05, 3.63) is 0 Å². The Morgan fingerprint density at radius 3 is 2.88 bits per heavy atom. The van der Waals surface area contributed by atoms with Crippen molar-refractivity contribution in [3.8, 4) is 0 Å².